The first-order valence-corrected chi connectivity index (χ1v) is 13.1. The Morgan fingerprint density at radius 2 is 1.58 bits per heavy atom. The molecule has 3 heteroatoms. The van der Waals surface area contributed by atoms with Crippen LogP contribution in [0.5, 0.6) is 0 Å². The van der Waals surface area contributed by atoms with E-state index in [1.807, 2.05) is 0 Å². The summed E-state index contributed by atoms with van der Waals surface area (Å²) in [6.45, 7) is 19.1. The van der Waals surface area contributed by atoms with E-state index < -0.39 is 7.92 Å². The molecule has 0 spiro atoms. The van der Waals surface area contributed by atoms with Crippen LogP contribution in [0.25, 0.3) is 0 Å². The molecule has 0 aromatic carbocycles. The summed E-state index contributed by atoms with van der Waals surface area (Å²) in [6, 6.07) is 0. The average molecular weight is 388 g/mol. The smallest absolute Gasteiger partial charge is 0.155 e. The van der Waals surface area contributed by atoms with Gasteiger partial charge in [0, 0.05) is 10.6 Å². The predicted octanol–water partition coefficient (Wildman–Crippen LogP) is 6.68. The van der Waals surface area contributed by atoms with Crippen LogP contribution in [-0.4, -0.2) is 33.8 Å². The number of allylic oxidation sites excluding steroid dienone is 6. The number of hydrogen-bond acceptors (Lipinski definition) is 1. The summed E-state index contributed by atoms with van der Waals surface area (Å²) in [6.07, 6.45) is 9.66. The van der Waals surface area contributed by atoms with E-state index in [-0.39, 0.29) is 30.1 Å². The molecule has 5 aliphatic rings. The largest absolute Gasteiger partial charge is 0.298 e. The topological polar surface area (TPSA) is 17.1 Å². The molecular weight excluding hydrogens is 354 g/mol. The average Bonchev–Trinajstić information content (AvgIpc) is 2.81. The molecule has 1 saturated heterocycles. The first-order chi connectivity index (χ1) is 11.9. The Balaban J connectivity index is 2.00. The van der Waals surface area contributed by atoms with E-state index in [4.69, 9.17) is 0 Å². The number of carbonyl (C=O) groups is 1. The molecule has 0 aromatic heterocycles. The summed E-state index contributed by atoms with van der Waals surface area (Å²) in [5.41, 5.74) is 6.04. The van der Waals surface area contributed by atoms with Gasteiger partial charge in [-0.05, 0) is 37.3 Å². The maximum atomic E-state index is 13.6. The van der Waals surface area contributed by atoms with Gasteiger partial charge in [0.2, 0.25) is 0 Å². The minimum Gasteiger partial charge on any atom is -0.298 e. The van der Waals surface area contributed by atoms with Crippen molar-refractivity contribution in [1.82, 2.24) is 0 Å². The lowest BCUT2D eigenvalue weighted by molar-refractivity contribution is -0.117. The zero-order chi connectivity index (χ0) is 19.2. The summed E-state index contributed by atoms with van der Waals surface area (Å²) < 4.78 is 0. The summed E-state index contributed by atoms with van der Waals surface area (Å²) in [4.78, 5) is 13.9. The van der Waals surface area contributed by atoms with Gasteiger partial charge in [-0.1, -0.05) is 92.3 Å². The zero-order valence-electron chi connectivity index (χ0n) is 17.7. The van der Waals surface area contributed by atoms with Crippen LogP contribution in [0.4, 0.5) is 0 Å². The Morgan fingerprint density at radius 1 is 0.962 bits per heavy atom. The zero-order valence-corrected chi connectivity index (χ0v) is 19.5. The van der Waals surface area contributed by atoms with Crippen molar-refractivity contribution in [2.45, 2.75) is 83.7 Å². The quantitative estimate of drug-likeness (QED) is 0.334. The standard InChI is InChI=1S/C23H34OP2/c1-14-12-23(22(6,7)8)25(13-15(14)2)19-11-16(21(3,4)5)17-9-10-18(20(19)24)26(17)23/h9-11,17-19H,12-13H2,1-8H3/t17-,18-,19-,23-,25?,26?/m0/s1. The third-order valence-corrected chi connectivity index (χ3v) is 16.2. The summed E-state index contributed by atoms with van der Waals surface area (Å²) >= 11 is 0. The summed E-state index contributed by atoms with van der Waals surface area (Å²) in [7, 11) is -0.740. The van der Waals surface area contributed by atoms with Crippen LogP contribution in [0.3, 0.4) is 0 Å². The number of Topliss-reactive ketones (excluding diaryl/α,β-unsaturated/α-hetero) is 1. The van der Waals surface area contributed by atoms with Gasteiger partial charge in [-0.3, -0.25) is 4.79 Å². The van der Waals surface area contributed by atoms with Crippen molar-refractivity contribution in [3.05, 3.63) is 34.9 Å². The van der Waals surface area contributed by atoms with Crippen molar-refractivity contribution >= 4 is 21.6 Å². The molecule has 0 radical (unpaired) electrons. The van der Waals surface area contributed by atoms with Gasteiger partial charge in [0.15, 0.2) is 5.78 Å². The van der Waals surface area contributed by atoms with E-state index in [0.29, 0.717) is 16.3 Å². The third-order valence-electron chi connectivity index (χ3n) is 7.27. The van der Waals surface area contributed by atoms with Gasteiger partial charge in [-0.2, -0.15) is 0 Å². The van der Waals surface area contributed by atoms with Gasteiger partial charge in [-0.15, -0.1) is 0 Å². The van der Waals surface area contributed by atoms with Gasteiger partial charge in [0.05, 0.1) is 11.3 Å². The molecule has 1 nitrogen and oxygen atoms in total. The lowest BCUT2D eigenvalue weighted by Crippen LogP contribution is -2.52. The Morgan fingerprint density at radius 3 is 2.15 bits per heavy atom. The molecule has 4 bridgehead atoms. The Kier molecular flexibility index (Phi) is 4.14. The number of hydrogen-bond donors (Lipinski definition) is 0. The second-order valence-corrected chi connectivity index (χ2v) is 16.5. The first-order valence-electron chi connectivity index (χ1n) is 10.0. The second-order valence-electron chi connectivity index (χ2n) is 10.8. The highest BCUT2D eigenvalue weighted by molar-refractivity contribution is 7.81. The SMILES string of the molecule is CC1=C(C)C[C@]2(C(C)(C)C)P(C1)[C@H]1C=C(C(C)(C)C)[C@@H]3C=C[C@@H](C1=O)P32. The highest BCUT2D eigenvalue weighted by Crippen LogP contribution is 2.87. The van der Waals surface area contributed by atoms with Gasteiger partial charge in [0.1, 0.15) is 0 Å². The molecule has 0 aromatic rings. The molecule has 0 saturated carbocycles. The fourth-order valence-corrected chi connectivity index (χ4v) is 16.5. The molecule has 142 valence electrons. The molecule has 5 heterocycles. The highest BCUT2D eigenvalue weighted by atomic mass is 31.2. The van der Waals surface area contributed by atoms with Crippen molar-refractivity contribution in [2.75, 3.05) is 6.16 Å². The van der Waals surface area contributed by atoms with Crippen LogP contribution in [0, 0.1) is 10.8 Å². The Labute approximate surface area is 162 Å². The molecule has 2 unspecified atom stereocenters. The Hall–Kier alpha value is -0.250. The summed E-state index contributed by atoms with van der Waals surface area (Å²) in [5.74, 6) is 0.562. The molecule has 5 aliphatic heterocycles. The van der Waals surface area contributed by atoms with Gasteiger partial charge in [-0.25, -0.2) is 0 Å². The minimum absolute atomic E-state index is 0.147. The van der Waals surface area contributed by atoms with E-state index in [9.17, 15) is 4.79 Å². The maximum Gasteiger partial charge on any atom is 0.155 e. The van der Waals surface area contributed by atoms with Gasteiger partial charge >= 0.3 is 0 Å². The van der Waals surface area contributed by atoms with Crippen molar-refractivity contribution in [3.63, 3.8) is 0 Å². The molecule has 6 atom stereocenters. The maximum absolute atomic E-state index is 13.6. The number of rotatable bonds is 0. The van der Waals surface area contributed by atoms with E-state index in [2.05, 4.69) is 73.6 Å². The van der Waals surface area contributed by atoms with E-state index in [1.54, 1.807) is 16.7 Å². The van der Waals surface area contributed by atoms with Crippen LogP contribution in [0.15, 0.2) is 34.9 Å². The molecule has 0 aliphatic carbocycles. The van der Waals surface area contributed by atoms with Crippen LogP contribution in [-0.2, 0) is 4.79 Å². The van der Waals surface area contributed by atoms with Crippen LogP contribution >= 0.6 is 15.8 Å². The van der Waals surface area contributed by atoms with Gasteiger partial charge in [0.25, 0.3) is 0 Å². The molecule has 26 heavy (non-hydrogen) atoms. The molecular formula is C23H34OP2. The van der Waals surface area contributed by atoms with Crippen molar-refractivity contribution in [3.8, 4) is 0 Å². The van der Waals surface area contributed by atoms with Crippen molar-refractivity contribution < 1.29 is 4.79 Å². The van der Waals surface area contributed by atoms with Crippen LogP contribution in [0.2, 0.25) is 0 Å². The van der Waals surface area contributed by atoms with Crippen LogP contribution < -0.4 is 0 Å². The van der Waals surface area contributed by atoms with Crippen LogP contribution in [0.1, 0.15) is 61.8 Å². The first kappa shape index (κ1) is 19.1. The normalized spacial score (nSPS) is 42.1. The molecule has 1 fully saturated rings. The number of carbonyl (C=O) groups excluding carboxylic acids is 1. The highest BCUT2D eigenvalue weighted by Gasteiger charge is 2.67. The molecule has 0 N–H and O–H groups in total. The monoisotopic (exact) mass is 388 g/mol. The Bertz CT molecular complexity index is 758. The van der Waals surface area contributed by atoms with E-state index in [1.165, 1.54) is 12.6 Å². The fourth-order valence-electron chi connectivity index (χ4n) is 5.77. The van der Waals surface area contributed by atoms with E-state index >= 15 is 0 Å². The molecule has 0 amide bonds. The summed E-state index contributed by atoms with van der Waals surface area (Å²) in [5, 5.41) is 0. The lowest BCUT2D eigenvalue weighted by atomic mass is 9.82. The lowest BCUT2D eigenvalue weighted by Gasteiger charge is -2.62. The van der Waals surface area contributed by atoms with Crippen molar-refractivity contribution in [1.29, 1.82) is 0 Å². The van der Waals surface area contributed by atoms with E-state index in [0.717, 1.165) is 0 Å². The minimum atomic E-state index is -0.394. The number of ketones is 1. The van der Waals surface area contributed by atoms with Gasteiger partial charge < -0.3 is 0 Å². The van der Waals surface area contributed by atoms with Crippen molar-refractivity contribution in [2.24, 2.45) is 10.8 Å². The molecule has 5 rings (SSSR count). The third kappa shape index (κ3) is 2.32. The predicted molar refractivity (Wildman–Crippen MR) is 117 cm³/mol. The second kappa shape index (κ2) is 5.64. The fraction of sp³-hybridized carbons (Fsp3) is 0.696.